The summed E-state index contributed by atoms with van der Waals surface area (Å²) < 4.78 is 27.4. The lowest BCUT2D eigenvalue weighted by Crippen LogP contribution is -2.34. The van der Waals surface area contributed by atoms with Crippen LogP contribution in [0.15, 0.2) is 24.3 Å². The third kappa shape index (κ3) is 3.74. The zero-order chi connectivity index (χ0) is 14.8. The molecular formula is C12H16ClNO2. The minimum absolute atomic E-state index is 0.207. The van der Waals surface area contributed by atoms with Gasteiger partial charge in [-0.2, -0.15) is 0 Å². The molecule has 0 atom stereocenters. The summed E-state index contributed by atoms with van der Waals surface area (Å²) in [5, 5.41) is 0.457. The summed E-state index contributed by atoms with van der Waals surface area (Å²) in [7, 11) is 0. The summed E-state index contributed by atoms with van der Waals surface area (Å²) in [5.41, 5.74) is -0.564. The van der Waals surface area contributed by atoms with Crippen molar-refractivity contribution in [3.05, 3.63) is 29.3 Å². The highest BCUT2D eigenvalue weighted by Crippen LogP contribution is 2.19. The van der Waals surface area contributed by atoms with Crippen LogP contribution < -0.4 is 4.90 Å². The molecule has 1 aromatic rings. The summed E-state index contributed by atoms with van der Waals surface area (Å²) >= 11 is 5.74. The number of anilines is 1. The smallest absolute Gasteiger partial charge is 0.414 e. The number of halogens is 1. The van der Waals surface area contributed by atoms with Gasteiger partial charge in [-0.05, 0) is 45.0 Å². The van der Waals surface area contributed by atoms with Crippen LogP contribution in [-0.2, 0) is 4.74 Å². The van der Waals surface area contributed by atoms with Gasteiger partial charge in [0.05, 0.1) is 0 Å². The van der Waals surface area contributed by atoms with Gasteiger partial charge in [0, 0.05) is 21.8 Å². The molecule has 88 valence electrons. The molecule has 0 N–H and O–H groups in total. The molecule has 1 amide bonds. The van der Waals surface area contributed by atoms with E-state index in [1.807, 2.05) is 0 Å². The van der Waals surface area contributed by atoms with Gasteiger partial charge in [-0.1, -0.05) is 11.6 Å². The fourth-order valence-electron chi connectivity index (χ4n) is 1.00. The fraction of sp³-hybridized carbons (Fsp3) is 0.417. The SMILES string of the molecule is [2H]C([2H])([2H])N(C(=O)OC(C)(C)C)c1ccc(Cl)cc1. The van der Waals surface area contributed by atoms with E-state index in [0.29, 0.717) is 9.92 Å². The van der Waals surface area contributed by atoms with E-state index in [4.69, 9.17) is 20.5 Å². The molecule has 0 heterocycles. The Morgan fingerprint density at radius 1 is 1.38 bits per heavy atom. The first kappa shape index (κ1) is 8.88. The summed E-state index contributed by atoms with van der Waals surface area (Å²) in [6, 6.07) is 5.94. The van der Waals surface area contributed by atoms with Crippen molar-refractivity contribution in [3.8, 4) is 0 Å². The first-order valence-corrected chi connectivity index (χ1v) is 5.17. The quantitative estimate of drug-likeness (QED) is 0.754. The fourth-order valence-corrected chi connectivity index (χ4v) is 1.13. The number of hydrogen-bond donors (Lipinski definition) is 0. The molecule has 0 saturated carbocycles. The predicted octanol–water partition coefficient (Wildman–Crippen LogP) is 3.71. The van der Waals surface area contributed by atoms with Crippen LogP contribution >= 0.6 is 11.6 Å². The number of carbonyl (C=O) groups excluding carboxylic acids is 1. The van der Waals surface area contributed by atoms with Crippen LogP contribution in [0.2, 0.25) is 5.02 Å². The molecule has 0 saturated heterocycles. The Hall–Kier alpha value is -1.22. The molecule has 0 aliphatic rings. The maximum absolute atomic E-state index is 12.0. The number of carbonyl (C=O) groups is 1. The number of rotatable bonds is 1. The van der Waals surface area contributed by atoms with Crippen molar-refractivity contribution in [3.63, 3.8) is 0 Å². The first-order valence-electron chi connectivity index (χ1n) is 6.29. The minimum Gasteiger partial charge on any atom is -0.443 e. The third-order valence-corrected chi connectivity index (χ3v) is 1.91. The number of ether oxygens (including phenoxy) is 1. The van der Waals surface area contributed by atoms with E-state index in [2.05, 4.69) is 0 Å². The summed E-state index contributed by atoms with van der Waals surface area (Å²) in [6.07, 6.45) is -0.921. The van der Waals surface area contributed by atoms with E-state index in [0.717, 1.165) is 0 Å². The van der Waals surface area contributed by atoms with Crippen LogP contribution in [0.25, 0.3) is 0 Å². The Morgan fingerprint density at radius 2 is 1.94 bits per heavy atom. The zero-order valence-electron chi connectivity index (χ0n) is 12.5. The summed E-state index contributed by atoms with van der Waals surface area (Å²) in [6.45, 7) is 2.38. The molecule has 4 heteroatoms. The van der Waals surface area contributed by atoms with Crippen molar-refractivity contribution in [2.45, 2.75) is 26.4 Å². The molecule has 0 fully saturated rings. The minimum atomic E-state index is -2.63. The topological polar surface area (TPSA) is 29.5 Å². The van der Waals surface area contributed by atoms with Crippen LogP contribution in [0.4, 0.5) is 10.5 Å². The molecule has 1 rings (SSSR count). The van der Waals surface area contributed by atoms with Crippen molar-refractivity contribution >= 4 is 23.4 Å². The molecule has 3 nitrogen and oxygen atoms in total. The second-order valence-electron chi connectivity index (χ2n) is 4.29. The highest BCUT2D eigenvalue weighted by Gasteiger charge is 2.20. The van der Waals surface area contributed by atoms with E-state index >= 15 is 0 Å². The normalized spacial score (nSPS) is 14.6. The van der Waals surface area contributed by atoms with Crippen LogP contribution in [0.1, 0.15) is 24.9 Å². The molecular weight excluding hydrogens is 226 g/mol. The van der Waals surface area contributed by atoms with E-state index in [9.17, 15) is 4.79 Å². The van der Waals surface area contributed by atoms with Crippen molar-refractivity contribution in [1.29, 1.82) is 0 Å². The Morgan fingerprint density at radius 3 is 2.38 bits per heavy atom. The van der Waals surface area contributed by atoms with E-state index in [-0.39, 0.29) is 5.69 Å². The van der Waals surface area contributed by atoms with E-state index in [1.165, 1.54) is 24.3 Å². The Labute approximate surface area is 105 Å². The maximum atomic E-state index is 12.0. The zero-order valence-corrected chi connectivity index (χ0v) is 10.2. The monoisotopic (exact) mass is 244 g/mol. The van der Waals surface area contributed by atoms with Gasteiger partial charge in [0.1, 0.15) is 5.60 Å². The first-order chi connectivity index (χ1) is 8.50. The number of hydrogen-bond acceptors (Lipinski definition) is 2. The average Bonchev–Trinajstić information content (AvgIpc) is 2.16. The van der Waals surface area contributed by atoms with Crippen LogP contribution in [0, 0.1) is 0 Å². The highest BCUT2D eigenvalue weighted by atomic mass is 35.5. The molecule has 0 aliphatic heterocycles. The van der Waals surface area contributed by atoms with Gasteiger partial charge in [-0.15, -0.1) is 0 Å². The van der Waals surface area contributed by atoms with Gasteiger partial charge in [0.25, 0.3) is 0 Å². The van der Waals surface area contributed by atoms with Crippen molar-refractivity contribution in [1.82, 2.24) is 0 Å². The largest absolute Gasteiger partial charge is 0.443 e. The Kier molecular flexibility index (Phi) is 2.63. The second-order valence-corrected chi connectivity index (χ2v) is 4.73. The second kappa shape index (κ2) is 4.74. The maximum Gasteiger partial charge on any atom is 0.414 e. The van der Waals surface area contributed by atoms with Gasteiger partial charge in [-0.25, -0.2) is 4.79 Å². The van der Waals surface area contributed by atoms with Crippen molar-refractivity contribution < 1.29 is 13.6 Å². The van der Waals surface area contributed by atoms with Gasteiger partial charge < -0.3 is 4.74 Å². The van der Waals surface area contributed by atoms with Gasteiger partial charge >= 0.3 is 6.09 Å². The van der Waals surface area contributed by atoms with Crippen molar-refractivity contribution in [2.24, 2.45) is 0 Å². The average molecular weight is 245 g/mol. The Bertz CT molecular complexity index is 452. The summed E-state index contributed by atoms with van der Waals surface area (Å²) in [4.78, 5) is 12.6. The van der Waals surface area contributed by atoms with Gasteiger partial charge in [0.15, 0.2) is 0 Å². The Balaban J connectivity index is 3.09. The molecule has 0 unspecified atom stereocenters. The molecule has 0 bridgehead atoms. The highest BCUT2D eigenvalue weighted by molar-refractivity contribution is 6.30. The number of amides is 1. The number of benzene rings is 1. The van der Waals surface area contributed by atoms with E-state index in [1.54, 1.807) is 20.8 Å². The van der Waals surface area contributed by atoms with E-state index < -0.39 is 18.7 Å². The van der Waals surface area contributed by atoms with Crippen LogP contribution in [-0.4, -0.2) is 18.7 Å². The predicted molar refractivity (Wildman–Crippen MR) is 66.1 cm³/mol. The molecule has 0 aliphatic carbocycles. The molecule has 0 aromatic heterocycles. The molecule has 16 heavy (non-hydrogen) atoms. The third-order valence-electron chi connectivity index (χ3n) is 1.66. The molecule has 0 spiro atoms. The lowest BCUT2D eigenvalue weighted by atomic mass is 10.2. The standard InChI is InChI=1S/C12H16ClNO2/c1-12(2,3)16-11(15)14(4)10-7-5-9(13)6-8-10/h5-8H,1-4H3/i4D3. The summed E-state index contributed by atoms with van der Waals surface area (Å²) in [5.74, 6) is 0. The van der Waals surface area contributed by atoms with Crippen LogP contribution in [0.3, 0.4) is 0 Å². The lowest BCUT2D eigenvalue weighted by molar-refractivity contribution is 0.0589. The van der Waals surface area contributed by atoms with Crippen LogP contribution in [0.5, 0.6) is 0 Å². The number of nitrogens with zero attached hydrogens (tertiary/aromatic N) is 1. The molecule has 0 radical (unpaired) electrons. The molecule has 1 aromatic carbocycles. The van der Waals surface area contributed by atoms with Crippen molar-refractivity contribution in [2.75, 3.05) is 11.9 Å². The lowest BCUT2D eigenvalue weighted by Gasteiger charge is -2.24. The van der Waals surface area contributed by atoms with Gasteiger partial charge in [0.2, 0.25) is 0 Å². The van der Waals surface area contributed by atoms with Gasteiger partial charge in [-0.3, -0.25) is 4.90 Å².